The smallest absolute Gasteiger partial charge is 0.333 e. The summed E-state index contributed by atoms with van der Waals surface area (Å²) >= 11 is 0. The van der Waals surface area contributed by atoms with E-state index in [0.717, 1.165) is 45.4 Å². The van der Waals surface area contributed by atoms with Crippen molar-refractivity contribution < 1.29 is 32.9 Å². The molecule has 0 bridgehead atoms. The van der Waals surface area contributed by atoms with Crippen molar-refractivity contribution in [3.05, 3.63) is 12.2 Å². The zero-order chi connectivity index (χ0) is 22.1. The molecule has 168 valence electrons. The van der Waals surface area contributed by atoms with Crippen LogP contribution >= 0.6 is 0 Å². The van der Waals surface area contributed by atoms with E-state index in [1.54, 1.807) is 6.92 Å². The van der Waals surface area contributed by atoms with Crippen molar-refractivity contribution in [1.29, 1.82) is 0 Å². The lowest BCUT2D eigenvalue weighted by molar-refractivity contribution is -0.303. The predicted octanol–water partition coefficient (Wildman–Crippen LogP) is 4.76. The normalized spacial score (nSPS) is 37.2. The van der Waals surface area contributed by atoms with E-state index in [4.69, 9.17) is 14.2 Å². The van der Waals surface area contributed by atoms with Crippen LogP contribution in [0.15, 0.2) is 12.2 Å². The van der Waals surface area contributed by atoms with Crippen molar-refractivity contribution in [1.82, 2.24) is 0 Å². The van der Waals surface area contributed by atoms with Gasteiger partial charge in [-0.05, 0) is 78.6 Å². The third-order valence-electron chi connectivity index (χ3n) is 6.68. The van der Waals surface area contributed by atoms with Gasteiger partial charge in [0.2, 0.25) is 5.79 Å². The van der Waals surface area contributed by atoms with Crippen LogP contribution in [0.1, 0.15) is 79.6 Å². The maximum atomic E-state index is 14.8. The van der Waals surface area contributed by atoms with E-state index in [9.17, 15) is 18.7 Å². The van der Waals surface area contributed by atoms with Crippen LogP contribution in [0.2, 0.25) is 0 Å². The lowest BCUT2D eigenvalue weighted by Gasteiger charge is -2.45. The highest BCUT2D eigenvalue weighted by atomic mass is 19.3. The molecule has 5 nitrogen and oxygen atoms in total. The number of carbonyl (C=O) groups excluding carboxylic acids is 1. The highest BCUT2D eigenvalue weighted by Gasteiger charge is 2.70. The summed E-state index contributed by atoms with van der Waals surface area (Å²) in [6.45, 7) is 11.0. The van der Waals surface area contributed by atoms with Gasteiger partial charge in [-0.2, -0.15) is 8.78 Å². The standard InChI is InChI=1S/C22H36F2O5/c1-7-19(4,29-20(5)14-27-21(6,26)22(20,23)24)16-10-8-12-17(13-9-11-16)28-18(25)15(2)3/h16-17,26H,2,7-14H2,1,3-6H3. The minimum Gasteiger partial charge on any atom is -0.459 e. The summed E-state index contributed by atoms with van der Waals surface area (Å²) in [5.41, 5.74) is -2.28. The second kappa shape index (κ2) is 8.60. The molecular weight excluding hydrogens is 382 g/mol. The fourth-order valence-electron chi connectivity index (χ4n) is 4.46. The van der Waals surface area contributed by atoms with Gasteiger partial charge in [0.1, 0.15) is 6.10 Å². The van der Waals surface area contributed by atoms with Gasteiger partial charge in [0.05, 0.1) is 12.2 Å². The molecule has 0 aromatic heterocycles. The highest BCUT2D eigenvalue weighted by Crippen LogP contribution is 2.51. The molecule has 0 spiro atoms. The van der Waals surface area contributed by atoms with Crippen molar-refractivity contribution in [2.24, 2.45) is 5.92 Å². The molecule has 1 heterocycles. The zero-order valence-electron chi connectivity index (χ0n) is 18.4. The Bertz CT molecular complexity index is 610. The van der Waals surface area contributed by atoms with E-state index in [-0.39, 0.29) is 24.6 Å². The molecule has 1 aliphatic carbocycles. The maximum absolute atomic E-state index is 14.8. The molecule has 7 heteroatoms. The topological polar surface area (TPSA) is 65.0 Å². The summed E-state index contributed by atoms with van der Waals surface area (Å²) in [6.07, 6.45) is 5.14. The number of hydrogen-bond donors (Lipinski definition) is 1. The number of ether oxygens (including phenoxy) is 3. The van der Waals surface area contributed by atoms with Gasteiger partial charge in [-0.3, -0.25) is 0 Å². The Morgan fingerprint density at radius 2 is 1.79 bits per heavy atom. The summed E-state index contributed by atoms with van der Waals surface area (Å²) in [5, 5.41) is 9.96. The van der Waals surface area contributed by atoms with Gasteiger partial charge in [0.25, 0.3) is 0 Å². The minimum absolute atomic E-state index is 0.0865. The van der Waals surface area contributed by atoms with Crippen LogP contribution in [0.25, 0.3) is 0 Å². The zero-order valence-corrected chi connectivity index (χ0v) is 18.4. The van der Waals surface area contributed by atoms with Crippen LogP contribution in [0.3, 0.4) is 0 Å². The van der Waals surface area contributed by atoms with E-state index < -0.39 is 22.9 Å². The molecule has 1 N–H and O–H groups in total. The average Bonchev–Trinajstić information content (AvgIpc) is 2.76. The fourth-order valence-corrected chi connectivity index (χ4v) is 4.46. The van der Waals surface area contributed by atoms with Gasteiger partial charge in [-0.1, -0.05) is 13.5 Å². The molecule has 3 unspecified atom stereocenters. The van der Waals surface area contributed by atoms with Gasteiger partial charge in [-0.25, -0.2) is 4.79 Å². The fraction of sp³-hybridized carbons (Fsp3) is 0.864. The number of rotatable bonds is 6. The summed E-state index contributed by atoms with van der Waals surface area (Å²) in [7, 11) is 0. The Balaban J connectivity index is 2.06. The Labute approximate surface area is 172 Å². The SMILES string of the molecule is C=C(C)C(=O)OC1CCCC(C(C)(CC)OC2(C)COC(C)(O)C2(F)F)CCC1. The molecule has 2 aliphatic rings. The number of esters is 1. The molecule has 1 aliphatic heterocycles. The average molecular weight is 419 g/mol. The number of halogens is 2. The third-order valence-corrected chi connectivity index (χ3v) is 6.68. The van der Waals surface area contributed by atoms with Crippen molar-refractivity contribution in [2.45, 2.75) is 109 Å². The van der Waals surface area contributed by atoms with Crippen LogP contribution in [-0.2, 0) is 19.0 Å². The molecule has 2 fully saturated rings. The first kappa shape index (κ1) is 24.2. The van der Waals surface area contributed by atoms with Crippen LogP contribution < -0.4 is 0 Å². The molecule has 2 rings (SSSR count). The Kier molecular flexibility index (Phi) is 7.18. The Morgan fingerprint density at radius 1 is 1.24 bits per heavy atom. The van der Waals surface area contributed by atoms with E-state index in [1.807, 2.05) is 13.8 Å². The summed E-state index contributed by atoms with van der Waals surface area (Å²) in [4.78, 5) is 11.8. The van der Waals surface area contributed by atoms with Crippen LogP contribution in [0.5, 0.6) is 0 Å². The first-order chi connectivity index (χ1) is 13.3. The van der Waals surface area contributed by atoms with Crippen LogP contribution in [-0.4, -0.2) is 46.7 Å². The third kappa shape index (κ3) is 4.83. The summed E-state index contributed by atoms with van der Waals surface area (Å²) in [6, 6.07) is 0. The first-order valence-electron chi connectivity index (χ1n) is 10.6. The molecule has 0 aromatic carbocycles. The van der Waals surface area contributed by atoms with E-state index in [2.05, 4.69) is 6.58 Å². The number of aliphatic hydroxyl groups is 1. The summed E-state index contributed by atoms with van der Waals surface area (Å²) < 4.78 is 46.3. The number of alkyl halides is 2. The van der Waals surface area contributed by atoms with Crippen LogP contribution in [0, 0.1) is 5.92 Å². The molecule has 3 atom stereocenters. The van der Waals surface area contributed by atoms with Gasteiger partial charge in [-0.15, -0.1) is 0 Å². The van der Waals surface area contributed by atoms with E-state index in [0.29, 0.717) is 12.0 Å². The molecule has 29 heavy (non-hydrogen) atoms. The second-order valence-electron chi connectivity index (χ2n) is 9.21. The van der Waals surface area contributed by atoms with E-state index in [1.165, 1.54) is 6.92 Å². The van der Waals surface area contributed by atoms with Crippen molar-refractivity contribution >= 4 is 5.97 Å². The minimum atomic E-state index is -3.53. The number of hydrogen-bond acceptors (Lipinski definition) is 5. The molecule has 1 saturated heterocycles. The monoisotopic (exact) mass is 418 g/mol. The molecular formula is C22H36F2O5. The maximum Gasteiger partial charge on any atom is 0.333 e. The predicted molar refractivity (Wildman–Crippen MR) is 106 cm³/mol. The van der Waals surface area contributed by atoms with Gasteiger partial charge >= 0.3 is 11.9 Å². The molecule has 1 saturated carbocycles. The largest absolute Gasteiger partial charge is 0.459 e. The Morgan fingerprint density at radius 3 is 2.21 bits per heavy atom. The lowest BCUT2D eigenvalue weighted by atomic mass is 9.77. The van der Waals surface area contributed by atoms with Crippen molar-refractivity contribution in [3.63, 3.8) is 0 Å². The van der Waals surface area contributed by atoms with Crippen molar-refractivity contribution in [2.75, 3.05) is 6.61 Å². The van der Waals surface area contributed by atoms with Gasteiger partial charge in [0, 0.05) is 5.57 Å². The Hall–Kier alpha value is -1.05. The van der Waals surface area contributed by atoms with Gasteiger partial charge < -0.3 is 19.3 Å². The van der Waals surface area contributed by atoms with Crippen molar-refractivity contribution in [3.8, 4) is 0 Å². The highest BCUT2D eigenvalue weighted by molar-refractivity contribution is 5.87. The molecule has 0 radical (unpaired) electrons. The van der Waals surface area contributed by atoms with Gasteiger partial charge in [0.15, 0.2) is 5.60 Å². The second-order valence-corrected chi connectivity index (χ2v) is 9.21. The molecule has 0 amide bonds. The first-order valence-corrected chi connectivity index (χ1v) is 10.6. The quantitative estimate of drug-likeness (QED) is 0.498. The van der Waals surface area contributed by atoms with Crippen LogP contribution in [0.4, 0.5) is 8.78 Å². The molecule has 0 aromatic rings. The number of carbonyl (C=O) groups is 1. The lowest BCUT2D eigenvalue weighted by Crippen LogP contribution is -2.59. The van der Waals surface area contributed by atoms with E-state index >= 15 is 0 Å². The summed E-state index contributed by atoms with van der Waals surface area (Å²) in [5.74, 6) is -6.35.